The van der Waals surface area contributed by atoms with Gasteiger partial charge in [0.2, 0.25) is 5.89 Å². The van der Waals surface area contributed by atoms with Crippen molar-refractivity contribution in [3.63, 3.8) is 0 Å². The lowest BCUT2D eigenvalue weighted by atomic mass is 10.2. The number of hydrogen-bond acceptors (Lipinski definition) is 7. The summed E-state index contributed by atoms with van der Waals surface area (Å²) in [7, 11) is 0. The summed E-state index contributed by atoms with van der Waals surface area (Å²) < 4.78 is 15.7. The fourth-order valence-corrected chi connectivity index (χ4v) is 2.18. The van der Waals surface area contributed by atoms with Gasteiger partial charge < -0.3 is 18.9 Å². The van der Waals surface area contributed by atoms with Gasteiger partial charge in [-0.25, -0.2) is 0 Å². The number of benzene rings is 1. The van der Waals surface area contributed by atoms with E-state index in [4.69, 9.17) is 13.6 Å². The largest absolute Gasteiger partial charge is 0.459 e. The summed E-state index contributed by atoms with van der Waals surface area (Å²) in [6.45, 7) is 1.77. The maximum atomic E-state index is 11.9. The molecule has 0 fully saturated rings. The summed E-state index contributed by atoms with van der Waals surface area (Å²) in [4.78, 5) is 23.6. The van der Waals surface area contributed by atoms with Crippen molar-refractivity contribution in [1.82, 2.24) is 15.5 Å². The Morgan fingerprint density at radius 3 is 2.69 bits per heavy atom. The molecule has 0 radical (unpaired) electrons. The van der Waals surface area contributed by atoms with Crippen LogP contribution in [0.25, 0.3) is 11.5 Å². The Morgan fingerprint density at radius 1 is 1.15 bits per heavy atom. The third-order valence-electron chi connectivity index (χ3n) is 3.48. The number of furan rings is 1. The zero-order valence-electron chi connectivity index (χ0n) is 14.0. The fraction of sp³-hybridized carbons (Fsp3) is 0.222. The molecule has 1 atom stereocenters. The van der Waals surface area contributed by atoms with E-state index in [-0.39, 0.29) is 30.5 Å². The molecule has 0 saturated heterocycles. The van der Waals surface area contributed by atoms with Gasteiger partial charge in [0.05, 0.1) is 12.7 Å². The maximum absolute atomic E-state index is 11.9. The second kappa shape index (κ2) is 8.11. The number of amides is 1. The van der Waals surface area contributed by atoms with Gasteiger partial charge in [0, 0.05) is 12.1 Å². The zero-order chi connectivity index (χ0) is 18.4. The molecule has 134 valence electrons. The average molecular weight is 355 g/mol. The first-order chi connectivity index (χ1) is 12.6. The van der Waals surface area contributed by atoms with E-state index in [0.717, 1.165) is 5.56 Å². The van der Waals surface area contributed by atoms with Gasteiger partial charge in [-0.2, -0.15) is 0 Å². The van der Waals surface area contributed by atoms with Crippen LogP contribution >= 0.6 is 0 Å². The molecular formula is C18H17N3O5. The molecule has 1 amide bonds. The standard InChI is InChI=1S/C18H17N3O5/c1-12(17-20-21-18(26-17)13-6-3-2-4-7-13)25-15(22)9-10-19-16(23)14-8-5-11-24-14/h2-8,11-12H,9-10H2,1H3,(H,19,23)/t12-/m0/s1. The van der Waals surface area contributed by atoms with Gasteiger partial charge in [0.15, 0.2) is 11.9 Å². The maximum Gasteiger partial charge on any atom is 0.308 e. The van der Waals surface area contributed by atoms with Crippen molar-refractivity contribution in [2.75, 3.05) is 6.54 Å². The summed E-state index contributed by atoms with van der Waals surface area (Å²) in [5, 5.41) is 10.4. The zero-order valence-corrected chi connectivity index (χ0v) is 14.0. The van der Waals surface area contributed by atoms with Crippen LogP contribution in [0.5, 0.6) is 0 Å². The molecular weight excluding hydrogens is 338 g/mol. The first kappa shape index (κ1) is 17.4. The second-order valence-electron chi connectivity index (χ2n) is 5.43. The number of nitrogens with zero attached hydrogens (tertiary/aromatic N) is 2. The summed E-state index contributed by atoms with van der Waals surface area (Å²) in [5.41, 5.74) is 0.783. The van der Waals surface area contributed by atoms with E-state index in [1.807, 2.05) is 30.3 Å². The van der Waals surface area contributed by atoms with Crippen LogP contribution in [0.3, 0.4) is 0 Å². The lowest BCUT2D eigenvalue weighted by Crippen LogP contribution is -2.26. The van der Waals surface area contributed by atoms with Crippen LogP contribution in [-0.2, 0) is 9.53 Å². The van der Waals surface area contributed by atoms with Crippen LogP contribution < -0.4 is 5.32 Å². The van der Waals surface area contributed by atoms with Crippen LogP contribution in [0.15, 0.2) is 57.6 Å². The van der Waals surface area contributed by atoms with E-state index in [1.165, 1.54) is 12.3 Å². The van der Waals surface area contributed by atoms with E-state index >= 15 is 0 Å². The highest BCUT2D eigenvalue weighted by molar-refractivity contribution is 5.91. The molecule has 8 nitrogen and oxygen atoms in total. The highest BCUT2D eigenvalue weighted by atomic mass is 16.6. The number of hydrogen-bond donors (Lipinski definition) is 1. The minimum atomic E-state index is -0.687. The third-order valence-corrected chi connectivity index (χ3v) is 3.48. The summed E-state index contributed by atoms with van der Waals surface area (Å²) in [6.07, 6.45) is 0.725. The molecule has 0 bridgehead atoms. The molecule has 0 aliphatic rings. The van der Waals surface area contributed by atoms with Crippen LogP contribution in [0.1, 0.15) is 35.9 Å². The molecule has 0 aliphatic carbocycles. The molecule has 8 heteroatoms. The Labute approximate surface area is 149 Å². The Balaban J connectivity index is 1.47. The summed E-state index contributed by atoms with van der Waals surface area (Å²) in [6, 6.07) is 12.4. The third kappa shape index (κ3) is 4.35. The number of ether oxygens (including phenoxy) is 1. The predicted octanol–water partition coefficient (Wildman–Crippen LogP) is 2.75. The van der Waals surface area contributed by atoms with E-state index in [2.05, 4.69) is 15.5 Å². The van der Waals surface area contributed by atoms with Gasteiger partial charge in [0.1, 0.15) is 0 Å². The van der Waals surface area contributed by atoms with E-state index in [9.17, 15) is 9.59 Å². The summed E-state index contributed by atoms with van der Waals surface area (Å²) in [5.74, 6) is -0.131. The van der Waals surface area contributed by atoms with Gasteiger partial charge >= 0.3 is 5.97 Å². The number of nitrogens with one attached hydrogen (secondary N) is 1. The first-order valence-electron chi connectivity index (χ1n) is 8.03. The Bertz CT molecular complexity index is 858. The Hall–Kier alpha value is -3.42. The molecule has 0 saturated carbocycles. The van der Waals surface area contributed by atoms with Crippen LogP contribution in [0, 0.1) is 0 Å². The topological polar surface area (TPSA) is 107 Å². The number of esters is 1. The molecule has 0 unspecified atom stereocenters. The van der Waals surface area contributed by atoms with Gasteiger partial charge in [-0.15, -0.1) is 10.2 Å². The van der Waals surface area contributed by atoms with Crippen molar-refractivity contribution in [2.45, 2.75) is 19.4 Å². The minimum Gasteiger partial charge on any atom is -0.459 e. The molecule has 0 spiro atoms. The molecule has 2 heterocycles. The van der Waals surface area contributed by atoms with Crippen LogP contribution in [0.2, 0.25) is 0 Å². The minimum absolute atomic E-state index is 0.0104. The normalized spacial score (nSPS) is 11.7. The van der Waals surface area contributed by atoms with Gasteiger partial charge in [-0.1, -0.05) is 18.2 Å². The van der Waals surface area contributed by atoms with Gasteiger partial charge in [-0.05, 0) is 31.2 Å². The predicted molar refractivity (Wildman–Crippen MR) is 89.9 cm³/mol. The van der Waals surface area contributed by atoms with Crippen LogP contribution in [-0.4, -0.2) is 28.6 Å². The second-order valence-corrected chi connectivity index (χ2v) is 5.43. The quantitative estimate of drug-likeness (QED) is 0.649. The van der Waals surface area contributed by atoms with Crippen molar-refractivity contribution in [2.24, 2.45) is 0 Å². The van der Waals surface area contributed by atoms with Crippen molar-refractivity contribution in [3.05, 3.63) is 60.4 Å². The molecule has 3 rings (SSSR count). The number of carbonyl (C=O) groups excluding carboxylic acids is 2. The Morgan fingerprint density at radius 2 is 1.96 bits per heavy atom. The van der Waals surface area contributed by atoms with Gasteiger partial charge in [0.25, 0.3) is 11.8 Å². The first-order valence-corrected chi connectivity index (χ1v) is 8.03. The number of carbonyl (C=O) groups is 2. The Kier molecular flexibility index (Phi) is 5.43. The number of rotatable bonds is 7. The molecule has 1 aromatic carbocycles. The molecule has 0 aliphatic heterocycles. The van der Waals surface area contributed by atoms with Crippen molar-refractivity contribution in [3.8, 4) is 11.5 Å². The molecule has 1 N–H and O–H groups in total. The van der Waals surface area contributed by atoms with Crippen LogP contribution in [0.4, 0.5) is 0 Å². The van der Waals surface area contributed by atoms with Crippen molar-refractivity contribution >= 4 is 11.9 Å². The summed E-state index contributed by atoms with van der Waals surface area (Å²) >= 11 is 0. The van der Waals surface area contributed by atoms with E-state index in [1.54, 1.807) is 13.0 Å². The lowest BCUT2D eigenvalue weighted by Gasteiger charge is -2.09. The van der Waals surface area contributed by atoms with Gasteiger partial charge in [-0.3, -0.25) is 9.59 Å². The highest BCUT2D eigenvalue weighted by Gasteiger charge is 2.19. The molecule has 26 heavy (non-hydrogen) atoms. The number of aromatic nitrogens is 2. The van der Waals surface area contributed by atoms with E-state index < -0.39 is 12.1 Å². The molecule has 2 aromatic heterocycles. The average Bonchev–Trinajstić information content (AvgIpc) is 3.34. The van der Waals surface area contributed by atoms with E-state index in [0.29, 0.717) is 5.89 Å². The smallest absolute Gasteiger partial charge is 0.308 e. The molecule has 3 aromatic rings. The van der Waals surface area contributed by atoms with Crippen molar-refractivity contribution in [1.29, 1.82) is 0 Å². The lowest BCUT2D eigenvalue weighted by molar-refractivity contribution is -0.149. The van der Waals surface area contributed by atoms with Crippen molar-refractivity contribution < 1.29 is 23.2 Å². The highest BCUT2D eigenvalue weighted by Crippen LogP contribution is 2.22. The monoisotopic (exact) mass is 355 g/mol. The SMILES string of the molecule is C[C@H](OC(=O)CCNC(=O)c1ccco1)c1nnc(-c2ccccc2)o1. The fourth-order valence-electron chi connectivity index (χ4n) is 2.18.